The largest absolute Gasteiger partial charge is 0.350 e. The molecule has 0 aromatic carbocycles. The second kappa shape index (κ2) is 3.30. The van der Waals surface area contributed by atoms with E-state index >= 15 is 0 Å². The van der Waals surface area contributed by atoms with Gasteiger partial charge in [-0.3, -0.25) is 9.59 Å². The number of aldehydes is 1. The van der Waals surface area contributed by atoms with Gasteiger partial charge < -0.3 is 10.2 Å². The second-order valence-electron chi connectivity index (χ2n) is 3.33. The number of hydrogen-bond acceptors (Lipinski definition) is 6. The van der Waals surface area contributed by atoms with E-state index in [4.69, 9.17) is 0 Å². The van der Waals surface area contributed by atoms with Gasteiger partial charge in [0.15, 0.2) is 12.1 Å². The average Bonchev–Trinajstić information content (AvgIpc) is 2.66. The Balaban J connectivity index is 2.53. The standard InChI is InChI=1S/C9H10N4O2/c1-5-12-9-7(10-4-11-9)8(13(5)2)6(15)3-14/h3-5H,1-2H3,(H,10,11,12). The van der Waals surface area contributed by atoms with E-state index in [9.17, 15) is 9.59 Å². The van der Waals surface area contributed by atoms with Crippen molar-refractivity contribution < 1.29 is 9.59 Å². The van der Waals surface area contributed by atoms with Crippen molar-refractivity contribution in [3.05, 3.63) is 11.4 Å². The van der Waals surface area contributed by atoms with Gasteiger partial charge in [0.05, 0.1) is 6.17 Å². The molecule has 1 N–H and O–H groups in total. The Bertz CT molecular complexity index is 422. The van der Waals surface area contributed by atoms with Gasteiger partial charge in [-0.15, -0.1) is 0 Å². The summed E-state index contributed by atoms with van der Waals surface area (Å²) in [5.41, 5.74) is 0.733. The predicted molar refractivity (Wildman–Crippen MR) is 54.4 cm³/mol. The molecule has 0 aliphatic carbocycles. The first-order valence-corrected chi connectivity index (χ1v) is 4.49. The number of hydrogen-bond donors (Lipinski definition) is 1. The molecule has 0 fully saturated rings. The molecule has 1 unspecified atom stereocenters. The van der Waals surface area contributed by atoms with Crippen LogP contribution in [0.2, 0.25) is 0 Å². The molecule has 6 nitrogen and oxygen atoms in total. The minimum Gasteiger partial charge on any atom is -0.350 e. The molecule has 0 spiro atoms. The highest BCUT2D eigenvalue weighted by molar-refractivity contribution is 6.34. The number of nitrogens with zero attached hydrogens (tertiary/aromatic N) is 3. The first-order valence-electron chi connectivity index (χ1n) is 4.49. The van der Waals surface area contributed by atoms with E-state index in [1.807, 2.05) is 6.92 Å². The minimum atomic E-state index is -0.576. The van der Waals surface area contributed by atoms with Crippen LogP contribution in [0, 0.1) is 0 Å². The third-order valence-corrected chi connectivity index (χ3v) is 2.44. The van der Waals surface area contributed by atoms with E-state index in [0.717, 1.165) is 0 Å². The lowest BCUT2D eigenvalue weighted by Crippen LogP contribution is -2.50. The predicted octanol–water partition coefficient (Wildman–Crippen LogP) is -0.713. The summed E-state index contributed by atoms with van der Waals surface area (Å²) in [4.78, 5) is 31.6. The van der Waals surface area contributed by atoms with E-state index in [1.165, 1.54) is 6.34 Å². The smallest absolute Gasteiger partial charge is 0.243 e. The Hall–Kier alpha value is -1.98. The van der Waals surface area contributed by atoms with Gasteiger partial charge in [-0.05, 0) is 6.92 Å². The molecule has 2 aliphatic heterocycles. The molecule has 0 amide bonds. The highest BCUT2D eigenvalue weighted by Gasteiger charge is 2.32. The van der Waals surface area contributed by atoms with Gasteiger partial charge in [0.25, 0.3) is 0 Å². The molecular formula is C9H10N4O2. The molecule has 0 saturated heterocycles. The average molecular weight is 206 g/mol. The fourth-order valence-corrected chi connectivity index (χ4v) is 1.55. The van der Waals surface area contributed by atoms with Crippen molar-refractivity contribution in [3.8, 4) is 0 Å². The number of carbonyl (C=O) groups is 2. The van der Waals surface area contributed by atoms with Crippen molar-refractivity contribution in [1.82, 2.24) is 10.2 Å². The molecule has 0 aromatic heterocycles. The van der Waals surface area contributed by atoms with Crippen LogP contribution >= 0.6 is 0 Å². The number of nitrogens with one attached hydrogen (secondary N) is 1. The molecule has 6 heteroatoms. The van der Waals surface area contributed by atoms with Gasteiger partial charge >= 0.3 is 0 Å². The summed E-state index contributed by atoms with van der Waals surface area (Å²) in [5, 5.41) is 3.06. The molecule has 1 atom stereocenters. The molecule has 0 bridgehead atoms. The number of amidine groups is 1. The maximum atomic E-state index is 11.4. The van der Waals surface area contributed by atoms with Crippen LogP contribution in [0.15, 0.2) is 21.4 Å². The molecular weight excluding hydrogens is 196 g/mol. The first kappa shape index (κ1) is 9.57. The first-order chi connectivity index (χ1) is 7.15. The Morgan fingerprint density at radius 2 is 2.40 bits per heavy atom. The number of Topliss-reactive ketones (excluding diaryl/α,β-unsaturated/α-hetero) is 1. The molecule has 0 radical (unpaired) electrons. The molecule has 0 saturated carbocycles. The van der Waals surface area contributed by atoms with Crippen molar-refractivity contribution in [2.75, 3.05) is 7.05 Å². The lowest BCUT2D eigenvalue weighted by atomic mass is 10.1. The van der Waals surface area contributed by atoms with Crippen LogP contribution in [0.5, 0.6) is 0 Å². The van der Waals surface area contributed by atoms with Gasteiger partial charge in [-0.1, -0.05) is 0 Å². The number of allylic oxidation sites excluding steroid dienone is 1. The Morgan fingerprint density at radius 1 is 1.67 bits per heavy atom. The fraction of sp³-hybridized carbons (Fsp3) is 0.333. The van der Waals surface area contributed by atoms with Crippen molar-refractivity contribution in [2.24, 2.45) is 9.98 Å². The van der Waals surface area contributed by atoms with Crippen LogP contribution in [0.1, 0.15) is 6.92 Å². The maximum absolute atomic E-state index is 11.4. The normalized spacial score (nSPS) is 23.5. The minimum absolute atomic E-state index is 0.0897. The molecule has 2 aliphatic rings. The van der Waals surface area contributed by atoms with Gasteiger partial charge in [0.1, 0.15) is 17.7 Å². The lowest BCUT2D eigenvalue weighted by molar-refractivity contribution is -0.128. The van der Waals surface area contributed by atoms with Crippen LogP contribution in [0.25, 0.3) is 0 Å². The van der Waals surface area contributed by atoms with E-state index in [0.29, 0.717) is 23.5 Å². The van der Waals surface area contributed by atoms with Crippen LogP contribution in [0.3, 0.4) is 0 Å². The van der Waals surface area contributed by atoms with Gasteiger partial charge in [0.2, 0.25) is 5.78 Å². The van der Waals surface area contributed by atoms with Crippen LogP contribution in [-0.4, -0.2) is 42.4 Å². The third kappa shape index (κ3) is 1.34. The van der Waals surface area contributed by atoms with Crippen molar-refractivity contribution in [1.29, 1.82) is 0 Å². The summed E-state index contributed by atoms with van der Waals surface area (Å²) in [7, 11) is 1.73. The monoisotopic (exact) mass is 206 g/mol. The van der Waals surface area contributed by atoms with Crippen molar-refractivity contribution >= 4 is 24.2 Å². The highest BCUT2D eigenvalue weighted by atomic mass is 16.2. The summed E-state index contributed by atoms with van der Waals surface area (Å²) < 4.78 is 0. The van der Waals surface area contributed by atoms with Crippen molar-refractivity contribution in [2.45, 2.75) is 13.1 Å². The topological polar surface area (TPSA) is 74.1 Å². The second-order valence-corrected chi connectivity index (χ2v) is 3.33. The lowest BCUT2D eigenvalue weighted by Gasteiger charge is -2.33. The highest BCUT2D eigenvalue weighted by Crippen LogP contribution is 2.21. The van der Waals surface area contributed by atoms with E-state index in [2.05, 4.69) is 15.3 Å². The third-order valence-electron chi connectivity index (χ3n) is 2.44. The number of carbonyl (C=O) groups excluding carboxylic acids is 2. The van der Waals surface area contributed by atoms with E-state index in [-0.39, 0.29) is 6.17 Å². The molecule has 0 aromatic rings. The summed E-state index contributed by atoms with van der Waals surface area (Å²) >= 11 is 0. The zero-order valence-corrected chi connectivity index (χ0v) is 8.39. The van der Waals surface area contributed by atoms with Gasteiger partial charge in [-0.25, -0.2) is 9.98 Å². The summed E-state index contributed by atoms with van der Waals surface area (Å²) in [6.45, 7) is 1.87. The SMILES string of the molecule is CC1NC2=NC=NC2=C(C(=O)C=O)N1C. The fourth-order valence-electron chi connectivity index (χ4n) is 1.55. The zero-order valence-electron chi connectivity index (χ0n) is 8.39. The number of ketones is 1. The van der Waals surface area contributed by atoms with Crippen molar-refractivity contribution in [3.63, 3.8) is 0 Å². The summed E-state index contributed by atoms with van der Waals surface area (Å²) in [5.74, 6) is -0.0293. The molecule has 78 valence electrons. The molecule has 2 heterocycles. The van der Waals surface area contributed by atoms with Gasteiger partial charge in [-0.2, -0.15) is 0 Å². The molecule has 2 rings (SSSR count). The van der Waals surface area contributed by atoms with Crippen LogP contribution in [0.4, 0.5) is 0 Å². The van der Waals surface area contributed by atoms with E-state index in [1.54, 1.807) is 11.9 Å². The Morgan fingerprint density at radius 3 is 3.07 bits per heavy atom. The van der Waals surface area contributed by atoms with Gasteiger partial charge in [0, 0.05) is 7.05 Å². The number of fused-ring (bicyclic) bond motifs is 1. The van der Waals surface area contributed by atoms with E-state index < -0.39 is 5.78 Å². The number of rotatable bonds is 2. The van der Waals surface area contributed by atoms with Crippen LogP contribution < -0.4 is 5.32 Å². The number of aliphatic imine (C=N–C) groups is 2. The quantitative estimate of drug-likeness (QED) is 0.478. The summed E-state index contributed by atoms with van der Waals surface area (Å²) in [6, 6.07) is 0. The molecule has 15 heavy (non-hydrogen) atoms. The Kier molecular flexibility index (Phi) is 2.11. The summed E-state index contributed by atoms with van der Waals surface area (Å²) in [6.07, 6.45) is 1.57. The Labute approximate surface area is 86.4 Å². The maximum Gasteiger partial charge on any atom is 0.243 e. The number of likely N-dealkylation sites (N-methyl/N-ethyl adjacent to an activating group) is 1. The van der Waals surface area contributed by atoms with Crippen LogP contribution in [-0.2, 0) is 9.59 Å². The zero-order chi connectivity index (χ0) is 11.0.